The summed E-state index contributed by atoms with van der Waals surface area (Å²) in [5, 5.41) is 0. The lowest BCUT2D eigenvalue weighted by atomic mass is 9.89. The van der Waals surface area contributed by atoms with E-state index in [0.717, 1.165) is 5.92 Å². The molecule has 0 aliphatic carbocycles. The van der Waals surface area contributed by atoms with E-state index in [2.05, 4.69) is 20.8 Å². The Morgan fingerprint density at radius 3 is 0.583 bits per heavy atom. The molecule has 0 aromatic carbocycles. The lowest BCUT2D eigenvalue weighted by Crippen LogP contribution is -2.01. The van der Waals surface area contributed by atoms with Crippen LogP contribution in [0.25, 0.3) is 0 Å². The van der Waals surface area contributed by atoms with Crippen molar-refractivity contribution in [3.63, 3.8) is 0 Å². The fourth-order valence-corrected chi connectivity index (χ4v) is 6.02. The van der Waals surface area contributed by atoms with E-state index in [1.54, 1.807) is 0 Å². The highest BCUT2D eigenvalue weighted by Crippen LogP contribution is 2.25. The van der Waals surface area contributed by atoms with Crippen molar-refractivity contribution in [2.45, 2.75) is 226 Å². The molecule has 0 saturated heterocycles. The summed E-state index contributed by atoms with van der Waals surface area (Å²) in [6, 6.07) is 0. The summed E-state index contributed by atoms with van der Waals surface area (Å²) in [7, 11) is 0. The highest BCUT2D eigenvalue weighted by Gasteiger charge is 2.08. The Balaban J connectivity index is 3.59. The molecular formula is C36H74. The van der Waals surface area contributed by atoms with Gasteiger partial charge in [0.2, 0.25) is 0 Å². The van der Waals surface area contributed by atoms with E-state index in [0.29, 0.717) is 0 Å². The van der Waals surface area contributed by atoms with E-state index in [1.165, 1.54) is 205 Å². The zero-order valence-corrected chi connectivity index (χ0v) is 26.2. The van der Waals surface area contributed by atoms with Crippen LogP contribution >= 0.6 is 0 Å². The fourth-order valence-electron chi connectivity index (χ4n) is 6.02. The summed E-state index contributed by atoms with van der Waals surface area (Å²) in [5.41, 5.74) is 0. The molecule has 0 spiro atoms. The first-order valence-corrected chi connectivity index (χ1v) is 17.8. The second-order valence-electron chi connectivity index (χ2n) is 12.4. The van der Waals surface area contributed by atoms with E-state index in [4.69, 9.17) is 0 Å². The molecule has 218 valence electrons. The van der Waals surface area contributed by atoms with Gasteiger partial charge in [-0.05, 0) is 5.92 Å². The number of hydrogen-bond donors (Lipinski definition) is 0. The van der Waals surface area contributed by atoms with Gasteiger partial charge in [0.25, 0.3) is 0 Å². The molecule has 0 N–H and O–H groups in total. The molecule has 0 fully saturated rings. The van der Waals surface area contributed by atoms with Crippen LogP contribution in [-0.4, -0.2) is 0 Å². The van der Waals surface area contributed by atoms with E-state index in [9.17, 15) is 0 Å². The Kier molecular flexibility index (Phi) is 33.0. The van der Waals surface area contributed by atoms with Crippen LogP contribution in [0.5, 0.6) is 0 Å². The van der Waals surface area contributed by atoms with Crippen molar-refractivity contribution >= 4 is 0 Å². The van der Waals surface area contributed by atoms with Gasteiger partial charge in [0.15, 0.2) is 0 Å². The third-order valence-corrected chi connectivity index (χ3v) is 8.65. The van der Waals surface area contributed by atoms with Gasteiger partial charge in [-0.1, -0.05) is 226 Å². The molecule has 0 rings (SSSR count). The van der Waals surface area contributed by atoms with Crippen molar-refractivity contribution < 1.29 is 0 Å². The predicted octanol–water partition coefficient (Wildman–Crippen LogP) is 14.1. The van der Waals surface area contributed by atoms with Gasteiger partial charge in [-0.15, -0.1) is 0 Å². The minimum atomic E-state index is 1.04. The summed E-state index contributed by atoms with van der Waals surface area (Å²) in [6.07, 6.45) is 47.3. The zero-order valence-electron chi connectivity index (χ0n) is 26.2. The second-order valence-corrected chi connectivity index (χ2v) is 12.4. The molecule has 0 aliphatic heterocycles. The summed E-state index contributed by atoms with van der Waals surface area (Å²) >= 11 is 0. The standard InChI is InChI=1S/C36H74/c1-4-7-10-13-15-16-17-18-19-20-21-22-23-24-26-29-32-35-36(33-30-27-12-9-6-3)34-31-28-25-14-11-8-5-2/h36H,4-35H2,1-3H3. The monoisotopic (exact) mass is 507 g/mol. The summed E-state index contributed by atoms with van der Waals surface area (Å²) in [6.45, 7) is 6.97. The van der Waals surface area contributed by atoms with Crippen LogP contribution in [0, 0.1) is 5.92 Å². The Labute approximate surface area is 232 Å². The molecule has 0 amide bonds. The van der Waals surface area contributed by atoms with Gasteiger partial charge in [-0.2, -0.15) is 0 Å². The SMILES string of the molecule is CCCCCCCCCCCCCCCCCCCC(CCCCCCC)CCCCCCCCC. The summed E-state index contributed by atoms with van der Waals surface area (Å²) in [5.74, 6) is 1.04. The molecule has 0 bridgehead atoms. The van der Waals surface area contributed by atoms with E-state index in [-0.39, 0.29) is 0 Å². The van der Waals surface area contributed by atoms with Crippen LogP contribution in [0.4, 0.5) is 0 Å². The number of rotatable bonds is 32. The van der Waals surface area contributed by atoms with Crippen LogP contribution in [0.3, 0.4) is 0 Å². The van der Waals surface area contributed by atoms with Crippen molar-refractivity contribution in [3.8, 4) is 0 Å². The van der Waals surface area contributed by atoms with Crippen LogP contribution in [0.1, 0.15) is 226 Å². The Bertz CT molecular complexity index is 359. The third-order valence-electron chi connectivity index (χ3n) is 8.65. The van der Waals surface area contributed by atoms with Crippen LogP contribution in [0.2, 0.25) is 0 Å². The molecule has 1 unspecified atom stereocenters. The quantitative estimate of drug-likeness (QED) is 0.0795. The second kappa shape index (κ2) is 33.0. The Morgan fingerprint density at radius 2 is 0.389 bits per heavy atom. The maximum Gasteiger partial charge on any atom is -0.0414 e. The lowest BCUT2D eigenvalue weighted by molar-refractivity contribution is 0.365. The van der Waals surface area contributed by atoms with Crippen molar-refractivity contribution in [2.75, 3.05) is 0 Å². The summed E-state index contributed by atoms with van der Waals surface area (Å²) < 4.78 is 0. The maximum atomic E-state index is 2.33. The maximum absolute atomic E-state index is 2.33. The van der Waals surface area contributed by atoms with Crippen LogP contribution < -0.4 is 0 Å². The lowest BCUT2D eigenvalue weighted by Gasteiger charge is -2.17. The van der Waals surface area contributed by atoms with Crippen molar-refractivity contribution in [3.05, 3.63) is 0 Å². The van der Waals surface area contributed by atoms with Crippen molar-refractivity contribution in [2.24, 2.45) is 5.92 Å². The van der Waals surface area contributed by atoms with Gasteiger partial charge in [-0.3, -0.25) is 0 Å². The Hall–Kier alpha value is 0. The third kappa shape index (κ3) is 30.2. The molecule has 0 radical (unpaired) electrons. The molecule has 0 aromatic rings. The predicted molar refractivity (Wildman–Crippen MR) is 168 cm³/mol. The molecule has 1 atom stereocenters. The van der Waals surface area contributed by atoms with E-state index in [1.807, 2.05) is 0 Å². The molecule has 36 heavy (non-hydrogen) atoms. The van der Waals surface area contributed by atoms with Crippen molar-refractivity contribution in [1.29, 1.82) is 0 Å². The minimum Gasteiger partial charge on any atom is -0.0654 e. The smallest absolute Gasteiger partial charge is 0.0414 e. The first kappa shape index (κ1) is 36.0. The van der Waals surface area contributed by atoms with Gasteiger partial charge in [0, 0.05) is 0 Å². The van der Waals surface area contributed by atoms with Gasteiger partial charge >= 0.3 is 0 Å². The molecular weight excluding hydrogens is 432 g/mol. The topological polar surface area (TPSA) is 0 Å². The van der Waals surface area contributed by atoms with Gasteiger partial charge < -0.3 is 0 Å². The van der Waals surface area contributed by atoms with Crippen LogP contribution in [0.15, 0.2) is 0 Å². The molecule has 0 aliphatic rings. The first-order chi connectivity index (χ1) is 17.8. The van der Waals surface area contributed by atoms with Gasteiger partial charge in [-0.25, -0.2) is 0 Å². The number of hydrogen-bond acceptors (Lipinski definition) is 0. The average Bonchev–Trinajstić information content (AvgIpc) is 2.89. The largest absolute Gasteiger partial charge is 0.0654 e. The van der Waals surface area contributed by atoms with Gasteiger partial charge in [0.05, 0.1) is 0 Å². The molecule has 0 heteroatoms. The molecule has 0 saturated carbocycles. The molecule has 0 heterocycles. The van der Waals surface area contributed by atoms with Crippen molar-refractivity contribution in [1.82, 2.24) is 0 Å². The minimum absolute atomic E-state index is 1.04. The Morgan fingerprint density at radius 1 is 0.222 bits per heavy atom. The normalized spacial score (nSPS) is 12.4. The summed E-state index contributed by atoms with van der Waals surface area (Å²) in [4.78, 5) is 0. The van der Waals surface area contributed by atoms with Crippen LogP contribution in [-0.2, 0) is 0 Å². The fraction of sp³-hybridized carbons (Fsp3) is 1.00. The van der Waals surface area contributed by atoms with Gasteiger partial charge in [0.1, 0.15) is 0 Å². The first-order valence-electron chi connectivity index (χ1n) is 17.8. The molecule has 0 aromatic heterocycles. The highest BCUT2D eigenvalue weighted by atomic mass is 14.1. The molecule has 0 nitrogen and oxygen atoms in total. The average molecular weight is 507 g/mol. The van der Waals surface area contributed by atoms with E-state index < -0.39 is 0 Å². The van der Waals surface area contributed by atoms with E-state index >= 15 is 0 Å². The zero-order chi connectivity index (χ0) is 26.2. The highest BCUT2D eigenvalue weighted by molar-refractivity contribution is 4.62. The number of unbranched alkanes of at least 4 members (excludes halogenated alkanes) is 26.